The first-order valence-corrected chi connectivity index (χ1v) is 11.1. The molecule has 0 radical (unpaired) electrons. The maximum atomic E-state index is 12.3. The summed E-state index contributed by atoms with van der Waals surface area (Å²) in [7, 11) is 1.53. The van der Waals surface area contributed by atoms with E-state index in [4.69, 9.17) is 18.9 Å². The number of phenolic OH excluding ortho intramolecular Hbond substituents is 2. The summed E-state index contributed by atoms with van der Waals surface area (Å²) in [4.78, 5) is 12.2. The third kappa shape index (κ3) is 6.81. The molecule has 0 unspecified atom stereocenters. The number of phenols is 2. The number of allylic oxidation sites excluding steroid dienone is 1. The number of rotatable bonds is 11. The summed E-state index contributed by atoms with van der Waals surface area (Å²) in [5.74, 6) is -0.675. The maximum Gasteiger partial charge on any atom is 0.239 e. The lowest BCUT2D eigenvalue weighted by molar-refractivity contribution is -0.112. The SMILES string of the molecule is COc1cc(O)cc(OC)c1C=CNS(=O)(=O)CC(=O)C=Cc1c(OC)cc(O)cc1OC. The minimum Gasteiger partial charge on any atom is -0.508 e. The number of carbonyl (C=O) groups excluding carboxylic acids is 1. The van der Waals surface area contributed by atoms with Crippen LogP contribution in [0.1, 0.15) is 11.1 Å². The monoisotopic (exact) mass is 479 g/mol. The van der Waals surface area contributed by atoms with Crippen LogP contribution in [-0.4, -0.2) is 58.6 Å². The summed E-state index contributed by atoms with van der Waals surface area (Å²) >= 11 is 0. The third-order valence-electron chi connectivity index (χ3n) is 4.32. The molecule has 0 aromatic heterocycles. The Balaban J connectivity index is 2.14. The quantitative estimate of drug-likeness (QED) is 0.414. The van der Waals surface area contributed by atoms with Crippen LogP contribution in [0.5, 0.6) is 34.5 Å². The van der Waals surface area contributed by atoms with Gasteiger partial charge in [-0.05, 0) is 18.2 Å². The van der Waals surface area contributed by atoms with E-state index in [0.717, 1.165) is 12.3 Å². The number of aromatic hydroxyl groups is 2. The van der Waals surface area contributed by atoms with Crippen molar-refractivity contribution in [3.8, 4) is 34.5 Å². The highest BCUT2D eigenvalue weighted by molar-refractivity contribution is 7.90. The van der Waals surface area contributed by atoms with Gasteiger partial charge in [0.1, 0.15) is 40.2 Å². The van der Waals surface area contributed by atoms with Crippen molar-refractivity contribution >= 4 is 28.0 Å². The smallest absolute Gasteiger partial charge is 0.239 e. The fourth-order valence-corrected chi connectivity index (χ4v) is 3.68. The lowest BCUT2D eigenvalue weighted by atomic mass is 10.1. The number of nitrogens with one attached hydrogen (secondary N) is 1. The molecule has 0 aliphatic heterocycles. The number of benzene rings is 2. The highest BCUT2D eigenvalue weighted by Gasteiger charge is 2.15. The highest BCUT2D eigenvalue weighted by atomic mass is 32.2. The number of carbonyl (C=O) groups is 1. The number of hydrogen-bond acceptors (Lipinski definition) is 9. The van der Waals surface area contributed by atoms with Crippen molar-refractivity contribution in [3.63, 3.8) is 0 Å². The molecule has 0 heterocycles. The van der Waals surface area contributed by atoms with Crippen LogP contribution < -0.4 is 23.7 Å². The van der Waals surface area contributed by atoms with Gasteiger partial charge in [-0.25, -0.2) is 8.42 Å². The summed E-state index contributed by atoms with van der Waals surface area (Å²) < 4.78 is 47.4. The van der Waals surface area contributed by atoms with Gasteiger partial charge in [-0.3, -0.25) is 9.52 Å². The van der Waals surface area contributed by atoms with Crippen molar-refractivity contribution in [1.82, 2.24) is 4.72 Å². The van der Waals surface area contributed by atoms with Crippen molar-refractivity contribution in [2.45, 2.75) is 0 Å². The van der Waals surface area contributed by atoms with Crippen molar-refractivity contribution in [2.24, 2.45) is 0 Å². The van der Waals surface area contributed by atoms with Gasteiger partial charge in [0, 0.05) is 30.5 Å². The number of ketones is 1. The number of hydrogen-bond donors (Lipinski definition) is 3. The van der Waals surface area contributed by atoms with Crippen LogP contribution in [0.25, 0.3) is 12.2 Å². The van der Waals surface area contributed by atoms with Crippen LogP contribution in [0.4, 0.5) is 0 Å². The zero-order valence-electron chi connectivity index (χ0n) is 18.5. The first-order valence-electron chi connectivity index (χ1n) is 9.41. The van der Waals surface area contributed by atoms with Gasteiger partial charge in [-0.1, -0.05) is 0 Å². The van der Waals surface area contributed by atoms with Gasteiger partial charge in [-0.2, -0.15) is 0 Å². The molecule has 0 bridgehead atoms. The molecule has 2 rings (SSSR count). The van der Waals surface area contributed by atoms with E-state index in [1.54, 1.807) is 0 Å². The second kappa shape index (κ2) is 11.1. The van der Waals surface area contributed by atoms with Crippen LogP contribution in [0.15, 0.2) is 36.5 Å². The van der Waals surface area contributed by atoms with Gasteiger partial charge in [0.25, 0.3) is 0 Å². The van der Waals surface area contributed by atoms with Crippen LogP contribution in [-0.2, 0) is 14.8 Å². The van der Waals surface area contributed by atoms with E-state index in [-0.39, 0.29) is 34.5 Å². The van der Waals surface area contributed by atoms with Crippen molar-refractivity contribution in [3.05, 3.63) is 47.7 Å². The highest BCUT2D eigenvalue weighted by Crippen LogP contribution is 2.35. The van der Waals surface area contributed by atoms with Crippen molar-refractivity contribution in [2.75, 3.05) is 34.2 Å². The molecule has 33 heavy (non-hydrogen) atoms. The molecule has 0 amide bonds. The summed E-state index contributed by atoms with van der Waals surface area (Å²) in [5.41, 5.74) is 0.751. The molecule has 2 aromatic rings. The molecule has 0 fully saturated rings. The largest absolute Gasteiger partial charge is 0.508 e. The molecule has 0 spiro atoms. The standard InChI is InChI=1S/C22H25NO9S/c1-29-19-9-15(25)10-20(30-2)17(19)6-5-14(24)13-33(27,28)23-8-7-18-21(31-3)11-16(26)12-22(18)32-4/h5-12,23,25-26H,13H2,1-4H3. The van der Waals surface area contributed by atoms with Gasteiger partial charge in [-0.15, -0.1) is 0 Å². The third-order valence-corrected chi connectivity index (χ3v) is 5.48. The number of sulfonamides is 1. The predicted molar refractivity (Wildman–Crippen MR) is 122 cm³/mol. The number of methoxy groups -OCH3 is 4. The lowest BCUT2D eigenvalue weighted by Gasteiger charge is -2.11. The maximum absolute atomic E-state index is 12.3. The van der Waals surface area contributed by atoms with E-state index in [1.807, 2.05) is 0 Å². The molecule has 0 aliphatic carbocycles. The molecule has 0 saturated carbocycles. The van der Waals surface area contributed by atoms with E-state index in [1.165, 1.54) is 64.9 Å². The zero-order valence-corrected chi connectivity index (χ0v) is 19.3. The summed E-state index contributed by atoms with van der Waals surface area (Å²) in [6.07, 6.45) is 4.92. The molecule has 10 nitrogen and oxygen atoms in total. The minimum absolute atomic E-state index is 0.0827. The van der Waals surface area contributed by atoms with Crippen molar-refractivity contribution < 1.29 is 42.4 Å². The Labute approximate surface area is 191 Å². The summed E-state index contributed by atoms with van der Waals surface area (Å²) in [6, 6.07) is 5.36. The summed E-state index contributed by atoms with van der Waals surface area (Å²) in [5, 5.41) is 19.4. The van der Waals surface area contributed by atoms with Crippen LogP contribution >= 0.6 is 0 Å². The zero-order chi connectivity index (χ0) is 24.6. The molecule has 0 saturated heterocycles. The predicted octanol–water partition coefficient (Wildman–Crippen LogP) is 2.30. The van der Waals surface area contributed by atoms with E-state index in [0.29, 0.717) is 11.1 Å². The van der Waals surface area contributed by atoms with E-state index in [9.17, 15) is 23.4 Å². The van der Waals surface area contributed by atoms with Gasteiger partial charge in [0.2, 0.25) is 10.0 Å². The van der Waals surface area contributed by atoms with Gasteiger partial charge in [0.05, 0.1) is 39.6 Å². The van der Waals surface area contributed by atoms with Crippen LogP contribution in [0.3, 0.4) is 0 Å². The molecular formula is C22H25NO9S. The van der Waals surface area contributed by atoms with Crippen LogP contribution in [0, 0.1) is 0 Å². The Morgan fingerprint density at radius 3 is 1.61 bits per heavy atom. The average Bonchev–Trinajstić information content (AvgIpc) is 2.77. The van der Waals surface area contributed by atoms with E-state index in [2.05, 4.69) is 4.72 Å². The Kier molecular flexibility index (Phi) is 8.57. The van der Waals surface area contributed by atoms with E-state index < -0.39 is 21.6 Å². The Morgan fingerprint density at radius 1 is 0.818 bits per heavy atom. The first-order chi connectivity index (χ1) is 15.6. The van der Waals surface area contributed by atoms with Crippen molar-refractivity contribution in [1.29, 1.82) is 0 Å². The second-order valence-corrected chi connectivity index (χ2v) is 8.29. The van der Waals surface area contributed by atoms with E-state index >= 15 is 0 Å². The lowest BCUT2D eigenvalue weighted by Crippen LogP contribution is -2.25. The normalized spacial score (nSPS) is 11.5. The molecule has 0 atom stereocenters. The average molecular weight is 480 g/mol. The summed E-state index contributed by atoms with van der Waals surface area (Å²) in [6.45, 7) is 0. The fraction of sp³-hybridized carbons (Fsp3) is 0.227. The van der Waals surface area contributed by atoms with Gasteiger partial charge in [0.15, 0.2) is 5.78 Å². The fourth-order valence-electron chi connectivity index (χ4n) is 2.85. The Bertz CT molecular complexity index is 1120. The van der Waals surface area contributed by atoms with Gasteiger partial charge >= 0.3 is 0 Å². The minimum atomic E-state index is -4.01. The molecular weight excluding hydrogens is 454 g/mol. The Hall–Kier alpha value is -3.86. The van der Waals surface area contributed by atoms with Gasteiger partial charge < -0.3 is 29.2 Å². The molecule has 3 N–H and O–H groups in total. The molecule has 178 valence electrons. The van der Waals surface area contributed by atoms with Crippen LogP contribution in [0.2, 0.25) is 0 Å². The molecule has 11 heteroatoms. The Morgan fingerprint density at radius 2 is 1.21 bits per heavy atom. The second-order valence-electron chi connectivity index (χ2n) is 6.54. The first kappa shape index (κ1) is 25.4. The number of ether oxygens (including phenoxy) is 4. The molecule has 2 aromatic carbocycles. The topological polar surface area (TPSA) is 141 Å². The molecule has 0 aliphatic rings.